The van der Waals surface area contributed by atoms with Crippen LogP contribution in [0.1, 0.15) is 0 Å². The van der Waals surface area contributed by atoms with Crippen LogP contribution in [0.25, 0.3) is 0 Å². The Morgan fingerprint density at radius 2 is 1.65 bits per heavy atom. The summed E-state index contributed by atoms with van der Waals surface area (Å²) in [6.45, 7) is 0. The van der Waals surface area contributed by atoms with Crippen LogP contribution in [0.4, 0.5) is 0 Å². The van der Waals surface area contributed by atoms with Crippen LogP contribution in [0.15, 0.2) is 8.99 Å². The van der Waals surface area contributed by atoms with Gasteiger partial charge < -0.3 is 4.74 Å². The van der Waals surface area contributed by atoms with Gasteiger partial charge in [0.2, 0.25) is 0 Å². The van der Waals surface area contributed by atoms with E-state index in [1.165, 1.54) is 11.8 Å². The van der Waals surface area contributed by atoms with Gasteiger partial charge in [0, 0.05) is 3.58 Å². The van der Waals surface area contributed by atoms with Crippen molar-refractivity contribution in [3.63, 3.8) is 0 Å². The predicted octanol–water partition coefficient (Wildman–Crippen LogP) is 1.60. The molecule has 0 aromatic carbocycles. The van der Waals surface area contributed by atoms with E-state index < -0.39 is 22.4 Å². The lowest BCUT2D eigenvalue weighted by Crippen LogP contribution is -2.35. The van der Waals surface area contributed by atoms with Crippen LogP contribution in [0.3, 0.4) is 0 Å². The smallest absolute Gasteiger partial charge is 0.256 e. The largest absolute Gasteiger partial charge is 0.311 e. The summed E-state index contributed by atoms with van der Waals surface area (Å²) >= 11 is 3.28. The molecule has 0 aromatic rings. The Balaban J connectivity index is 2.62. The third kappa shape index (κ3) is 1.37. The molecule has 0 N–H and O–H groups in total. The van der Waals surface area contributed by atoms with E-state index in [1.807, 2.05) is 34.7 Å². The van der Waals surface area contributed by atoms with Gasteiger partial charge in [-0.2, -0.15) is 21.0 Å². The van der Waals surface area contributed by atoms with E-state index >= 15 is 0 Å². The van der Waals surface area contributed by atoms with Crippen molar-refractivity contribution in [2.45, 2.75) is 16.5 Å². The molecule has 7 heteroatoms. The zero-order valence-corrected chi connectivity index (χ0v) is 11.2. The van der Waals surface area contributed by atoms with Crippen LogP contribution in [-0.2, 0) is 4.74 Å². The molecule has 0 unspecified atom stereocenters. The van der Waals surface area contributed by atoms with E-state index in [-0.39, 0.29) is 0 Å². The lowest BCUT2D eigenvalue weighted by atomic mass is 9.86. The van der Waals surface area contributed by atoms with Crippen molar-refractivity contribution in [1.29, 1.82) is 21.0 Å². The number of hydrogen-bond donors (Lipinski definition) is 0. The second-order valence-electron chi connectivity index (χ2n) is 3.56. The number of hydrogen-bond acceptors (Lipinski definition) is 6. The number of nitrogens with zero attached hydrogens (tertiary/aromatic N) is 4. The van der Waals surface area contributed by atoms with E-state index in [0.717, 1.165) is 3.58 Å². The van der Waals surface area contributed by atoms with Crippen LogP contribution >= 0.6 is 34.4 Å². The first-order chi connectivity index (χ1) is 8.09. The minimum absolute atomic E-state index is 0.524. The summed E-state index contributed by atoms with van der Waals surface area (Å²) in [5.41, 5.74) is -3.48. The van der Waals surface area contributed by atoms with Crippen molar-refractivity contribution in [3.05, 3.63) is 8.99 Å². The van der Waals surface area contributed by atoms with Gasteiger partial charge in [-0.1, -0.05) is 0 Å². The summed E-state index contributed by atoms with van der Waals surface area (Å²) in [7, 11) is 0. The first-order valence-electron chi connectivity index (χ1n) is 4.45. The van der Waals surface area contributed by atoms with Gasteiger partial charge in [-0.3, -0.25) is 0 Å². The topological polar surface area (TPSA) is 104 Å². The highest BCUT2D eigenvalue weighted by atomic mass is 127. The highest BCUT2D eigenvalue weighted by Gasteiger charge is 2.67. The first-order valence-corrected chi connectivity index (χ1v) is 6.47. The maximum absolute atomic E-state index is 9.15. The summed E-state index contributed by atoms with van der Waals surface area (Å²) < 4.78 is 6.03. The summed E-state index contributed by atoms with van der Waals surface area (Å²) in [5, 5.41) is 37.8. The monoisotopic (exact) mass is 354 g/mol. The second-order valence-corrected chi connectivity index (χ2v) is 5.82. The minimum atomic E-state index is -1.74. The van der Waals surface area contributed by atoms with E-state index in [0.29, 0.717) is 0 Å². The minimum Gasteiger partial charge on any atom is -0.311 e. The van der Waals surface area contributed by atoms with Gasteiger partial charge in [-0.15, -0.1) is 11.8 Å². The van der Waals surface area contributed by atoms with E-state index in [1.54, 1.807) is 17.5 Å². The molecule has 17 heavy (non-hydrogen) atoms. The molecule has 0 saturated carbocycles. The molecule has 1 saturated heterocycles. The molecular formula is C10H3IN4OS. The van der Waals surface area contributed by atoms with Crippen LogP contribution in [0, 0.1) is 51.2 Å². The van der Waals surface area contributed by atoms with E-state index in [4.69, 9.17) is 25.8 Å². The van der Waals surface area contributed by atoms with Crippen LogP contribution < -0.4 is 0 Å². The number of fused-ring (bicyclic) bond motifs is 1. The molecule has 0 spiro atoms. The molecule has 0 aliphatic carbocycles. The summed E-state index contributed by atoms with van der Waals surface area (Å²) in [6.07, 6.45) is 0. The lowest BCUT2D eigenvalue weighted by molar-refractivity contribution is 0.0153. The third-order valence-electron chi connectivity index (χ3n) is 2.75. The van der Waals surface area contributed by atoms with Gasteiger partial charge >= 0.3 is 0 Å². The van der Waals surface area contributed by atoms with Crippen molar-refractivity contribution < 1.29 is 4.74 Å². The standard InChI is InChI=1S/C10H3IN4OS/c11-6-1-17-8-7(6)9(2-12,3-13)16-10(8,4-14)5-15/h1,7-8H/t7-,8+/m0/s1. The summed E-state index contributed by atoms with van der Waals surface area (Å²) in [5.74, 6) is -0.539. The van der Waals surface area contributed by atoms with Gasteiger partial charge in [0.15, 0.2) is 0 Å². The molecule has 2 rings (SSSR count). The van der Waals surface area contributed by atoms with Crippen molar-refractivity contribution in [1.82, 2.24) is 0 Å². The molecule has 82 valence electrons. The van der Waals surface area contributed by atoms with Crippen molar-refractivity contribution >= 4 is 34.4 Å². The van der Waals surface area contributed by atoms with Crippen LogP contribution in [-0.4, -0.2) is 16.5 Å². The van der Waals surface area contributed by atoms with Gasteiger partial charge in [0.1, 0.15) is 24.3 Å². The number of thioether (sulfide) groups is 1. The molecule has 0 bridgehead atoms. The van der Waals surface area contributed by atoms with E-state index in [9.17, 15) is 0 Å². The van der Waals surface area contributed by atoms with E-state index in [2.05, 4.69) is 0 Å². The zero-order valence-electron chi connectivity index (χ0n) is 8.22. The Morgan fingerprint density at radius 1 is 1.12 bits per heavy atom. The lowest BCUT2D eigenvalue weighted by Gasteiger charge is -2.18. The van der Waals surface area contributed by atoms with Crippen LogP contribution in [0.2, 0.25) is 0 Å². The molecule has 2 atom stereocenters. The fourth-order valence-electron chi connectivity index (χ4n) is 1.96. The Hall–Kier alpha value is -1.26. The molecule has 0 radical (unpaired) electrons. The Kier molecular flexibility index (Phi) is 2.79. The average molecular weight is 354 g/mol. The maximum atomic E-state index is 9.15. The van der Waals surface area contributed by atoms with Crippen molar-refractivity contribution in [2.24, 2.45) is 5.92 Å². The maximum Gasteiger partial charge on any atom is 0.256 e. The van der Waals surface area contributed by atoms with Gasteiger partial charge in [-0.25, -0.2) is 0 Å². The zero-order chi connectivity index (χ0) is 12.7. The molecular weight excluding hydrogens is 351 g/mol. The van der Waals surface area contributed by atoms with Gasteiger partial charge in [0.25, 0.3) is 11.2 Å². The molecule has 2 aliphatic rings. The van der Waals surface area contributed by atoms with Crippen LogP contribution in [0.5, 0.6) is 0 Å². The van der Waals surface area contributed by atoms with Crippen molar-refractivity contribution in [3.8, 4) is 24.3 Å². The summed E-state index contributed by atoms with van der Waals surface area (Å²) in [4.78, 5) is 0. The Bertz CT molecular complexity index is 545. The molecule has 2 aliphatic heterocycles. The third-order valence-corrected chi connectivity index (χ3v) is 5.44. The molecule has 0 amide bonds. The SMILES string of the molecule is N#CC1(C#N)OC(C#N)(C#N)[C@H]2C(I)=CS[C@H]21. The number of rotatable bonds is 0. The predicted molar refractivity (Wildman–Crippen MR) is 66.0 cm³/mol. The number of ether oxygens (including phenoxy) is 1. The average Bonchev–Trinajstić information content (AvgIpc) is 2.88. The molecule has 5 nitrogen and oxygen atoms in total. The quantitative estimate of drug-likeness (QED) is 0.612. The normalized spacial score (nSPS) is 31.2. The first kappa shape index (κ1) is 12.2. The highest BCUT2D eigenvalue weighted by molar-refractivity contribution is 14.1. The fraction of sp³-hybridized carbons (Fsp3) is 0.400. The van der Waals surface area contributed by atoms with Gasteiger partial charge in [-0.05, 0) is 28.0 Å². The number of nitriles is 4. The Labute approximate surface area is 115 Å². The highest BCUT2D eigenvalue weighted by Crippen LogP contribution is 2.56. The Morgan fingerprint density at radius 3 is 2.12 bits per heavy atom. The molecule has 1 fully saturated rings. The molecule has 2 heterocycles. The number of halogens is 1. The molecule has 0 aromatic heterocycles. The summed E-state index contributed by atoms with van der Waals surface area (Å²) in [6, 6.07) is 7.21. The fourth-order valence-corrected chi connectivity index (χ4v) is 4.70. The van der Waals surface area contributed by atoms with Crippen molar-refractivity contribution in [2.75, 3.05) is 0 Å². The van der Waals surface area contributed by atoms with Gasteiger partial charge in [0.05, 0.1) is 11.2 Å². The second kappa shape index (κ2) is 3.89.